The second-order valence-electron chi connectivity index (χ2n) is 3.93. The first kappa shape index (κ1) is 15.5. The molecule has 0 radical (unpaired) electrons. The van der Waals surface area contributed by atoms with E-state index in [1.807, 2.05) is 6.92 Å². The number of aliphatic hydroxyl groups is 1. The van der Waals surface area contributed by atoms with Gasteiger partial charge >= 0.3 is 5.97 Å². The van der Waals surface area contributed by atoms with Crippen molar-refractivity contribution in [3.05, 3.63) is 11.4 Å². The van der Waals surface area contributed by atoms with E-state index in [9.17, 15) is 9.90 Å². The van der Waals surface area contributed by atoms with Crippen LogP contribution >= 0.6 is 0 Å². The summed E-state index contributed by atoms with van der Waals surface area (Å²) in [6.45, 7) is 3.00. The average molecular weight is 273 g/mol. The van der Waals surface area contributed by atoms with Crippen molar-refractivity contribution in [3.63, 3.8) is 0 Å². The first-order valence-corrected chi connectivity index (χ1v) is 6.00. The summed E-state index contributed by atoms with van der Waals surface area (Å²) in [5.41, 5.74) is 0.325. The summed E-state index contributed by atoms with van der Waals surface area (Å²) >= 11 is 0. The predicted molar refractivity (Wildman–Crippen MR) is 65.1 cm³/mol. The quantitative estimate of drug-likeness (QED) is 0.628. The van der Waals surface area contributed by atoms with Gasteiger partial charge in [-0.1, -0.05) is 5.21 Å². The summed E-state index contributed by atoms with van der Waals surface area (Å²) in [6, 6.07) is 0. The summed E-state index contributed by atoms with van der Waals surface area (Å²) in [5.74, 6) is -1.14. The Hall–Kier alpha value is -1.51. The van der Waals surface area contributed by atoms with E-state index < -0.39 is 12.1 Å². The van der Waals surface area contributed by atoms with Gasteiger partial charge in [-0.2, -0.15) is 0 Å². The van der Waals surface area contributed by atoms with Crippen LogP contribution in [0, 0.1) is 0 Å². The summed E-state index contributed by atoms with van der Waals surface area (Å²) in [6.07, 6.45) is -0.392. The average Bonchev–Trinajstić information content (AvgIpc) is 2.76. The molecule has 0 spiro atoms. The lowest BCUT2D eigenvalue weighted by molar-refractivity contribution is 0.0307. The maximum Gasteiger partial charge on any atom is 0.358 e. The van der Waals surface area contributed by atoms with Crippen LogP contribution in [0.1, 0.15) is 23.1 Å². The van der Waals surface area contributed by atoms with Gasteiger partial charge in [0.15, 0.2) is 5.69 Å². The molecule has 0 fully saturated rings. The highest BCUT2D eigenvalue weighted by Gasteiger charge is 2.20. The van der Waals surface area contributed by atoms with Crippen LogP contribution in [-0.2, 0) is 22.4 Å². The Morgan fingerprint density at radius 3 is 2.84 bits per heavy atom. The van der Waals surface area contributed by atoms with Crippen LogP contribution in [-0.4, -0.2) is 64.2 Å². The molecule has 0 saturated carbocycles. The predicted octanol–water partition coefficient (Wildman–Crippen LogP) is -0.437. The fraction of sp³-hybridized carbons (Fsp3) is 0.727. The lowest BCUT2D eigenvalue weighted by atomic mass is 10.2. The van der Waals surface area contributed by atoms with Crippen molar-refractivity contribution in [2.24, 2.45) is 0 Å². The molecule has 0 bridgehead atoms. The molecule has 1 rings (SSSR count). The van der Waals surface area contributed by atoms with Crippen molar-refractivity contribution >= 4 is 5.97 Å². The number of ether oxygens (including phenoxy) is 2. The van der Waals surface area contributed by atoms with Crippen molar-refractivity contribution in [2.45, 2.75) is 26.0 Å². The molecule has 1 aromatic rings. The minimum Gasteiger partial charge on any atom is -0.476 e. The highest BCUT2D eigenvalue weighted by atomic mass is 16.5. The molecular weight excluding hydrogens is 254 g/mol. The van der Waals surface area contributed by atoms with E-state index >= 15 is 0 Å². The second-order valence-corrected chi connectivity index (χ2v) is 3.93. The Labute approximate surface area is 110 Å². The third kappa shape index (κ3) is 4.58. The highest BCUT2D eigenvalue weighted by Crippen LogP contribution is 2.08. The fourth-order valence-corrected chi connectivity index (χ4v) is 1.60. The standard InChI is InChI=1S/C11H19N3O5/c1-3-19-7-8(15)6-14-9(4-5-18-2)10(11(16)17)12-13-14/h8,15H,3-7H2,1-2H3,(H,16,17). The molecule has 1 unspecified atom stereocenters. The molecule has 8 heteroatoms. The zero-order chi connectivity index (χ0) is 14.3. The van der Waals surface area contributed by atoms with Gasteiger partial charge in [0, 0.05) is 20.1 Å². The zero-order valence-corrected chi connectivity index (χ0v) is 11.1. The molecular formula is C11H19N3O5. The lowest BCUT2D eigenvalue weighted by Crippen LogP contribution is -2.24. The van der Waals surface area contributed by atoms with Crippen LogP contribution in [0.4, 0.5) is 0 Å². The number of aliphatic hydroxyl groups excluding tert-OH is 1. The van der Waals surface area contributed by atoms with E-state index in [0.717, 1.165) is 0 Å². The summed E-state index contributed by atoms with van der Waals surface area (Å²) in [4.78, 5) is 11.0. The number of carbonyl (C=O) groups is 1. The van der Waals surface area contributed by atoms with Crippen LogP contribution in [0.3, 0.4) is 0 Å². The van der Waals surface area contributed by atoms with Gasteiger partial charge in [-0.05, 0) is 6.92 Å². The number of hydrogen-bond acceptors (Lipinski definition) is 6. The SMILES string of the molecule is CCOCC(O)Cn1nnc(C(=O)O)c1CCOC. The van der Waals surface area contributed by atoms with Gasteiger partial charge in [0.1, 0.15) is 0 Å². The Balaban J connectivity index is 2.78. The van der Waals surface area contributed by atoms with Crippen molar-refractivity contribution in [1.82, 2.24) is 15.0 Å². The third-order valence-corrected chi connectivity index (χ3v) is 2.48. The maximum atomic E-state index is 11.0. The Morgan fingerprint density at radius 2 is 2.26 bits per heavy atom. The van der Waals surface area contributed by atoms with Gasteiger partial charge in [-0.25, -0.2) is 9.48 Å². The molecule has 8 nitrogen and oxygen atoms in total. The van der Waals surface area contributed by atoms with Crippen LogP contribution in [0.2, 0.25) is 0 Å². The monoisotopic (exact) mass is 273 g/mol. The largest absolute Gasteiger partial charge is 0.476 e. The van der Waals surface area contributed by atoms with Crippen molar-refractivity contribution < 1.29 is 24.5 Å². The molecule has 2 N–H and O–H groups in total. The molecule has 108 valence electrons. The summed E-state index contributed by atoms with van der Waals surface area (Å²) in [5, 5.41) is 26.1. The van der Waals surface area contributed by atoms with E-state index in [0.29, 0.717) is 25.3 Å². The lowest BCUT2D eigenvalue weighted by Gasteiger charge is -2.12. The fourth-order valence-electron chi connectivity index (χ4n) is 1.60. The second kappa shape index (κ2) is 7.82. The number of aromatic carboxylic acids is 1. The number of nitrogens with zero attached hydrogens (tertiary/aromatic N) is 3. The van der Waals surface area contributed by atoms with Gasteiger partial charge in [0.2, 0.25) is 0 Å². The normalized spacial score (nSPS) is 12.6. The first-order chi connectivity index (χ1) is 9.10. The van der Waals surface area contributed by atoms with Crippen molar-refractivity contribution in [2.75, 3.05) is 26.9 Å². The van der Waals surface area contributed by atoms with Crippen LogP contribution in [0.5, 0.6) is 0 Å². The van der Waals surface area contributed by atoms with Crippen LogP contribution in [0.15, 0.2) is 0 Å². The number of carboxylic acids is 1. The van der Waals surface area contributed by atoms with Gasteiger partial charge in [0.25, 0.3) is 0 Å². The number of hydrogen-bond donors (Lipinski definition) is 2. The smallest absolute Gasteiger partial charge is 0.358 e. The van der Waals surface area contributed by atoms with Crippen LogP contribution < -0.4 is 0 Å². The number of methoxy groups -OCH3 is 1. The minimum absolute atomic E-state index is 0.111. The maximum absolute atomic E-state index is 11.0. The van der Waals surface area contributed by atoms with Gasteiger partial charge < -0.3 is 19.7 Å². The van der Waals surface area contributed by atoms with Gasteiger partial charge in [-0.15, -0.1) is 5.10 Å². The van der Waals surface area contributed by atoms with E-state index in [-0.39, 0.29) is 18.8 Å². The van der Waals surface area contributed by atoms with E-state index in [2.05, 4.69) is 10.3 Å². The number of aromatic nitrogens is 3. The van der Waals surface area contributed by atoms with Gasteiger partial charge in [0.05, 0.1) is 31.6 Å². The molecule has 0 aliphatic rings. The molecule has 0 saturated heterocycles. The molecule has 0 aliphatic carbocycles. The molecule has 0 amide bonds. The van der Waals surface area contributed by atoms with Gasteiger partial charge in [-0.3, -0.25) is 0 Å². The highest BCUT2D eigenvalue weighted by molar-refractivity contribution is 5.86. The van der Waals surface area contributed by atoms with Crippen molar-refractivity contribution in [1.29, 1.82) is 0 Å². The zero-order valence-electron chi connectivity index (χ0n) is 11.1. The van der Waals surface area contributed by atoms with E-state index in [1.165, 1.54) is 11.8 Å². The summed E-state index contributed by atoms with van der Waals surface area (Å²) in [7, 11) is 1.53. The Kier molecular flexibility index (Phi) is 6.40. The van der Waals surface area contributed by atoms with Crippen LogP contribution in [0.25, 0.3) is 0 Å². The van der Waals surface area contributed by atoms with E-state index in [4.69, 9.17) is 14.6 Å². The van der Waals surface area contributed by atoms with E-state index in [1.54, 1.807) is 0 Å². The molecule has 0 aliphatic heterocycles. The number of rotatable bonds is 9. The third-order valence-electron chi connectivity index (χ3n) is 2.48. The Bertz CT molecular complexity index is 407. The van der Waals surface area contributed by atoms with Crippen molar-refractivity contribution in [3.8, 4) is 0 Å². The molecule has 1 heterocycles. The minimum atomic E-state index is -1.14. The molecule has 0 aromatic carbocycles. The molecule has 1 aromatic heterocycles. The molecule has 19 heavy (non-hydrogen) atoms. The Morgan fingerprint density at radius 1 is 1.53 bits per heavy atom. The first-order valence-electron chi connectivity index (χ1n) is 6.00. The summed E-state index contributed by atoms with van der Waals surface area (Å²) < 4.78 is 11.4. The molecule has 1 atom stereocenters. The number of carboxylic acid groups (broad SMARTS) is 1. The topological polar surface area (TPSA) is 107 Å².